The van der Waals surface area contributed by atoms with Crippen LogP contribution in [-0.2, 0) is 4.79 Å². The predicted octanol–water partition coefficient (Wildman–Crippen LogP) is 5.76. The molecule has 4 aromatic rings. The van der Waals surface area contributed by atoms with Crippen LogP contribution < -0.4 is 14.8 Å². The van der Waals surface area contributed by atoms with E-state index in [9.17, 15) is 4.79 Å². The van der Waals surface area contributed by atoms with Crippen LogP contribution in [-0.4, -0.2) is 25.3 Å². The Morgan fingerprint density at radius 2 is 1.88 bits per heavy atom. The Bertz CT molecular complexity index is 1330. The van der Waals surface area contributed by atoms with E-state index in [1.165, 1.54) is 6.08 Å². The first kappa shape index (κ1) is 21.2. The topological polar surface area (TPSA) is 86.7 Å². The van der Waals surface area contributed by atoms with Crippen LogP contribution in [0.1, 0.15) is 23.8 Å². The number of methoxy groups -OCH3 is 2. The molecule has 0 unspecified atom stereocenters. The molecule has 2 aromatic carbocycles. The first-order chi connectivity index (χ1) is 15.4. The lowest BCUT2D eigenvalue weighted by Crippen LogP contribution is -2.09. The Hall–Kier alpha value is -4.00. The minimum absolute atomic E-state index is 0.312. The van der Waals surface area contributed by atoms with E-state index < -0.39 is 0 Å². The fourth-order valence-electron chi connectivity index (χ4n) is 3.81. The van der Waals surface area contributed by atoms with E-state index in [1.54, 1.807) is 33.5 Å². The predicted molar refractivity (Wildman–Crippen MR) is 123 cm³/mol. The summed E-state index contributed by atoms with van der Waals surface area (Å²) in [6, 6.07) is 11.4. The third kappa shape index (κ3) is 3.85. The maximum Gasteiger partial charge on any atom is 0.249 e. The lowest BCUT2D eigenvalue weighted by Gasteiger charge is -2.13. The molecule has 1 amide bonds. The van der Waals surface area contributed by atoms with Gasteiger partial charge in [0.1, 0.15) is 22.8 Å². The highest BCUT2D eigenvalue weighted by Crippen LogP contribution is 2.42. The molecule has 4 rings (SSSR count). The van der Waals surface area contributed by atoms with Gasteiger partial charge in [-0.25, -0.2) is 0 Å². The van der Waals surface area contributed by atoms with E-state index in [0.29, 0.717) is 17.3 Å². The number of aromatic nitrogens is 1. The Morgan fingerprint density at radius 3 is 2.56 bits per heavy atom. The van der Waals surface area contributed by atoms with Gasteiger partial charge in [0.2, 0.25) is 5.91 Å². The smallest absolute Gasteiger partial charge is 0.249 e. The second kappa shape index (κ2) is 8.63. The first-order valence-corrected chi connectivity index (χ1v) is 10.1. The number of benzene rings is 2. The van der Waals surface area contributed by atoms with Crippen molar-refractivity contribution in [2.24, 2.45) is 0 Å². The van der Waals surface area contributed by atoms with Gasteiger partial charge in [0.25, 0.3) is 0 Å². The van der Waals surface area contributed by atoms with E-state index in [-0.39, 0.29) is 5.91 Å². The Balaban J connectivity index is 1.80. The van der Waals surface area contributed by atoms with Crippen molar-refractivity contribution in [1.29, 1.82) is 0 Å². The monoisotopic (exact) mass is 432 g/mol. The first-order valence-electron chi connectivity index (χ1n) is 10.1. The molecule has 0 saturated heterocycles. The zero-order valence-corrected chi connectivity index (χ0v) is 18.6. The Labute approximate surface area is 185 Å². The summed E-state index contributed by atoms with van der Waals surface area (Å²) in [6.45, 7) is 5.56. The Morgan fingerprint density at radius 1 is 1.09 bits per heavy atom. The molecular formula is C25H24N2O5. The number of nitrogens with zero attached hydrogens (tertiary/aromatic N) is 1. The fourth-order valence-corrected chi connectivity index (χ4v) is 3.81. The summed E-state index contributed by atoms with van der Waals surface area (Å²) in [5, 5.41) is 7.40. The van der Waals surface area contributed by atoms with Gasteiger partial charge >= 0.3 is 0 Å². The lowest BCUT2D eigenvalue weighted by molar-refractivity contribution is -0.111. The SMILES string of the molecule is COc1ccccc1-c1coc2c(C)c(OC)c(/C(C)=C/C(=O)Nc3cc(C)on3)cc12. The highest BCUT2D eigenvalue weighted by Gasteiger charge is 2.20. The number of allylic oxidation sites excluding steroid dienone is 1. The molecule has 0 aliphatic heterocycles. The van der Waals surface area contributed by atoms with Gasteiger partial charge in [-0.1, -0.05) is 23.4 Å². The molecule has 0 saturated carbocycles. The third-order valence-electron chi connectivity index (χ3n) is 5.30. The van der Waals surface area contributed by atoms with Crippen molar-refractivity contribution in [3.05, 3.63) is 65.6 Å². The summed E-state index contributed by atoms with van der Waals surface area (Å²) in [5.41, 5.74) is 4.92. The van der Waals surface area contributed by atoms with Crippen LogP contribution in [0, 0.1) is 13.8 Å². The number of carbonyl (C=O) groups excluding carboxylic acids is 1. The average molecular weight is 432 g/mol. The number of rotatable bonds is 6. The zero-order valence-electron chi connectivity index (χ0n) is 18.6. The summed E-state index contributed by atoms with van der Waals surface area (Å²) >= 11 is 0. The number of anilines is 1. The quantitative estimate of drug-likeness (QED) is 0.390. The van der Waals surface area contributed by atoms with E-state index in [4.69, 9.17) is 18.4 Å². The number of hydrogen-bond donors (Lipinski definition) is 1. The summed E-state index contributed by atoms with van der Waals surface area (Å²) in [4.78, 5) is 12.5. The average Bonchev–Trinajstić information content (AvgIpc) is 3.39. The van der Waals surface area contributed by atoms with Gasteiger partial charge in [0.15, 0.2) is 5.82 Å². The highest BCUT2D eigenvalue weighted by molar-refractivity contribution is 6.05. The molecule has 164 valence electrons. The van der Waals surface area contributed by atoms with E-state index in [0.717, 1.165) is 44.5 Å². The van der Waals surface area contributed by atoms with Crippen LogP contribution >= 0.6 is 0 Å². The molecule has 0 radical (unpaired) electrons. The van der Waals surface area contributed by atoms with Crippen molar-refractivity contribution >= 4 is 28.3 Å². The Kier molecular flexibility index (Phi) is 5.73. The van der Waals surface area contributed by atoms with Crippen molar-refractivity contribution in [3.63, 3.8) is 0 Å². The zero-order chi connectivity index (χ0) is 22.8. The van der Waals surface area contributed by atoms with Crippen molar-refractivity contribution < 1.29 is 23.2 Å². The van der Waals surface area contributed by atoms with Crippen molar-refractivity contribution in [1.82, 2.24) is 5.16 Å². The molecule has 1 N–H and O–H groups in total. The van der Waals surface area contributed by atoms with Crippen LogP contribution in [0.5, 0.6) is 11.5 Å². The summed E-state index contributed by atoms with van der Waals surface area (Å²) in [5.74, 6) is 2.07. The molecule has 0 aliphatic carbocycles. The maximum absolute atomic E-state index is 12.5. The van der Waals surface area contributed by atoms with E-state index >= 15 is 0 Å². The summed E-state index contributed by atoms with van der Waals surface area (Å²) < 4.78 is 22.1. The van der Waals surface area contributed by atoms with Crippen LogP contribution in [0.2, 0.25) is 0 Å². The van der Waals surface area contributed by atoms with Gasteiger partial charge in [0, 0.05) is 39.8 Å². The number of para-hydroxylation sites is 1. The minimum atomic E-state index is -0.312. The van der Waals surface area contributed by atoms with Crippen molar-refractivity contribution in [2.45, 2.75) is 20.8 Å². The second-order valence-electron chi connectivity index (χ2n) is 7.45. The third-order valence-corrected chi connectivity index (χ3v) is 5.30. The number of nitrogens with one attached hydrogen (secondary N) is 1. The molecule has 2 heterocycles. The number of ether oxygens (including phenoxy) is 2. The number of aryl methyl sites for hydroxylation is 2. The van der Waals surface area contributed by atoms with Crippen molar-refractivity contribution in [2.75, 3.05) is 19.5 Å². The standard InChI is InChI=1S/C25H24N2O5/c1-14(10-23(28)26-22-11-15(2)32-27-22)18-12-19-20(17-8-6-7-9-21(17)29-4)13-31-25(19)16(3)24(18)30-5/h6-13H,1-5H3,(H,26,27,28)/b14-10+. The largest absolute Gasteiger partial charge is 0.496 e. The van der Waals surface area contributed by atoms with Crippen molar-refractivity contribution in [3.8, 4) is 22.6 Å². The highest BCUT2D eigenvalue weighted by atomic mass is 16.5. The number of fused-ring (bicyclic) bond motifs is 1. The summed E-state index contributed by atoms with van der Waals surface area (Å²) in [6.07, 6.45) is 3.23. The molecular weight excluding hydrogens is 408 g/mol. The number of amides is 1. The molecule has 0 bridgehead atoms. The molecule has 0 aliphatic rings. The van der Waals surface area contributed by atoms with E-state index in [1.807, 2.05) is 44.2 Å². The van der Waals surface area contributed by atoms with Crippen LogP contribution in [0.25, 0.3) is 27.7 Å². The van der Waals surface area contributed by atoms with Gasteiger partial charge < -0.3 is 23.7 Å². The normalized spacial score (nSPS) is 11.6. The van der Waals surface area contributed by atoms with Crippen LogP contribution in [0.3, 0.4) is 0 Å². The molecule has 7 heteroatoms. The minimum Gasteiger partial charge on any atom is -0.496 e. The molecule has 2 aromatic heterocycles. The van der Waals surface area contributed by atoms with Crippen LogP contribution in [0.4, 0.5) is 5.82 Å². The lowest BCUT2D eigenvalue weighted by atomic mass is 9.96. The van der Waals surface area contributed by atoms with E-state index in [2.05, 4.69) is 10.5 Å². The molecule has 7 nitrogen and oxygen atoms in total. The molecule has 0 fully saturated rings. The molecule has 32 heavy (non-hydrogen) atoms. The van der Waals surface area contributed by atoms with Gasteiger partial charge in [-0.2, -0.15) is 0 Å². The van der Waals surface area contributed by atoms with Gasteiger partial charge in [-0.15, -0.1) is 0 Å². The molecule has 0 spiro atoms. The van der Waals surface area contributed by atoms with Gasteiger partial charge in [-0.05, 0) is 38.5 Å². The number of hydrogen-bond acceptors (Lipinski definition) is 6. The fraction of sp³-hybridized carbons (Fsp3) is 0.200. The molecule has 0 atom stereocenters. The maximum atomic E-state index is 12.5. The number of furan rings is 1. The summed E-state index contributed by atoms with van der Waals surface area (Å²) in [7, 11) is 3.25. The van der Waals surface area contributed by atoms with Gasteiger partial charge in [0.05, 0.1) is 20.5 Å². The second-order valence-corrected chi connectivity index (χ2v) is 7.45. The van der Waals surface area contributed by atoms with Gasteiger partial charge in [-0.3, -0.25) is 4.79 Å². The van der Waals surface area contributed by atoms with Crippen LogP contribution in [0.15, 0.2) is 57.7 Å². The number of carbonyl (C=O) groups is 1.